The van der Waals surface area contributed by atoms with Crippen molar-refractivity contribution in [3.63, 3.8) is 0 Å². The van der Waals surface area contributed by atoms with E-state index >= 15 is 0 Å². The quantitative estimate of drug-likeness (QED) is 0.122. The van der Waals surface area contributed by atoms with Gasteiger partial charge in [0.1, 0.15) is 5.75 Å². The molecule has 1 fully saturated rings. The molecule has 11 nitrogen and oxygen atoms in total. The van der Waals surface area contributed by atoms with Gasteiger partial charge in [0.05, 0.1) is 17.3 Å². The molecular formula is C32H35N5O6S. The third-order valence-corrected chi connectivity index (χ3v) is 9.61. The second-order valence-electron chi connectivity index (χ2n) is 10.8. The second kappa shape index (κ2) is 13.9. The number of sulfone groups is 1. The van der Waals surface area contributed by atoms with Gasteiger partial charge in [-0.1, -0.05) is 47.6 Å². The van der Waals surface area contributed by atoms with E-state index < -0.39 is 21.5 Å². The highest BCUT2D eigenvalue weighted by Gasteiger charge is 2.55. The Kier molecular flexibility index (Phi) is 9.84. The van der Waals surface area contributed by atoms with E-state index in [0.29, 0.717) is 43.0 Å². The molecule has 1 saturated heterocycles. The van der Waals surface area contributed by atoms with Crippen LogP contribution in [-0.4, -0.2) is 67.8 Å². The van der Waals surface area contributed by atoms with E-state index in [9.17, 15) is 18.7 Å². The molecule has 0 spiro atoms. The maximum atomic E-state index is 14.6. The highest BCUT2D eigenvalue weighted by atomic mass is 32.2. The lowest BCUT2D eigenvalue weighted by Gasteiger charge is -2.37. The van der Waals surface area contributed by atoms with Crippen LogP contribution in [0.4, 0.5) is 5.69 Å². The van der Waals surface area contributed by atoms with Crippen molar-refractivity contribution in [1.29, 1.82) is 0 Å². The van der Waals surface area contributed by atoms with Crippen molar-refractivity contribution in [3.8, 4) is 5.75 Å². The van der Waals surface area contributed by atoms with Crippen LogP contribution >= 0.6 is 0 Å². The Balaban J connectivity index is 1.61. The predicted octanol–water partition coefficient (Wildman–Crippen LogP) is 5.52. The number of aliphatic hydroxyl groups is 1. The number of nitrogens with zero attached hydrogens (tertiary/aromatic N) is 5. The Morgan fingerprint density at radius 1 is 1.05 bits per heavy atom. The van der Waals surface area contributed by atoms with Crippen molar-refractivity contribution >= 4 is 27.3 Å². The van der Waals surface area contributed by atoms with Crippen molar-refractivity contribution in [1.82, 2.24) is 4.90 Å². The number of hydrogen-bond donors (Lipinski definition) is 1. The topological polar surface area (TPSA) is 154 Å². The monoisotopic (exact) mass is 617 g/mol. The summed E-state index contributed by atoms with van der Waals surface area (Å²) in [6, 6.07) is 21.9. The number of ether oxygens (including phenoxy) is 2. The van der Waals surface area contributed by atoms with Gasteiger partial charge in [0.2, 0.25) is 5.90 Å². The smallest absolute Gasteiger partial charge is 0.254 e. The number of likely N-dealkylation sites (tertiary alicyclic amines) is 1. The second-order valence-corrected chi connectivity index (χ2v) is 12.9. The largest absolute Gasteiger partial charge is 0.494 e. The number of hydrogen-bond acceptors (Lipinski definition) is 8. The summed E-state index contributed by atoms with van der Waals surface area (Å²) in [4.78, 5) is 24.4. The van der Waals surface area contributed by atoms with Gasteiger partial charge in [0, 0.05) is 54.3 Å². The number of rotatable bonds is 12. The molecule has 2 heterocycles. The summed E-state index contributed by atoms with van der Waals surface area (Å²) in [5, 5.41) is 12.9. The van der Waals surface area contributed by atoms with Crippen LogP contribution in [0.15, 0.2) is 93.9 Å². The highest BCUT2D eigenvalue weighted by molar-refractivity contribution is 7.91. The molecule has 5 rings (SSSR count). The van der Waals surface area contributed by atoms with Crippen LogP contribution < -0.4 is 4.74 Å². The zero-order chi connectivity index (χ0) is 31.0. The fourth-order valence-electron chi connectivity index (χ4n) is 5.59. The summed E-state index contributed by atoms with van der Waals surface area (Å²) >= 11 is 0. The summed E-state index contributed by atoms with van der Waals surface area (Å²) in [7, 11) is -3.79. The number of aliphatic imine (C=N–C) groups is 1. The third kappa shape index (κ3) is 6.72. The maximum Gasteiger partial charge on any atom is 0.254 e. The SMILES string of the molecule is [N-]=[N+]=Nc1ccccc1[C@H]1OC(c2ccc(OCCCO)cc2)=N[C@@]1(CCS(=O)(=O)c1ccccc1)C(=O)N1CCCCC1. The Morgan fingerprint density at radius 2 is 1.75 bits per heavy atom. The Labute approximate surface area is 256 Å². The molecule has 0 aromatic heterocycles. The normalized spacial score (nSPS) is 19.9. The first kappa shape index (κ1) is 31.1. The van der Waals surface area contributed by atoms with Crippen LogP contribution in [0.1, 0.15) is 49.3 Å². The molecule has 0 aliphatic carbocycles. The van der Waals surface area contributed by atoms with Crippen molar-refractivity contribution in [2.24, 2.45) is 10.1 Å². The van der Waals surface area contributed by atoms with Crippen molar-refractivity contribution in [2.45, 2.75) is 48.6 Å². The highest BCUT2D eigenvalue weighted by Crippen LogP contribution is 2.47. The first-order valence-electron chi connectivity index (χ1n) is 14.7. The minimum Gasteiger partial charge on any atom is -0.494 e. The lowest BCUT2D eigenvalue weighted by Crippen LogP contribution is -2.52. The van der Waals surface area contributed by atoms with E-state index in [-0.39, 0.29) is 41.2 Å². The molecule has 12 heteroatoms. The van der Waals surface area contributed by atoms with Crippen LogP contribution in [0, 0.1) is 0 Å². The van der Waals surface area contributed by atoms with Gasteiger partial charge in [-0.15, -0.1) is 0 Å². The summed E-state index contributed by atoms with van der Waals surface area (Å²) in [5.74, 6) is 0.0973. The van der Waals surface area contributed by atoms with Crippen molar-refractivity contribution < 1.29 is 27.8 Å². The molecule has 230 valence electrons. The lowest BCUT2D eigenvalue weighted by molar-refractivity contribution is -0.140. The first-order chi connectivity index (χ1) is 21.4. The maximum absolute atomic E-state index is 14.6. The molecule has 0 radical (unpaired) electrons. The van der Waals surface area contributed by atoms with Gasteiger partial charge in [-0.25, -0.2) is 13.4 Å². The number of aliphatic hydroxyl groups excluding tert-OH is 1. The lowest BCUT2D eigenvalue weighted by atomic mass is 9.83. The predicted molar refractivity (Wildman–Crippen MR) is 166 cm³/mol. The average molecular weight is 618 g/mol. The van der Waals surface area contributed by atoms with Crippen molar-refractivity contribution in [3.05, 3.63) is 100 Å². The van der Waals surface area contributed by atoms with Gasteiger partial charge in [-0.2, -0.15) is 0 Å². The molecule has 44 heavy (non-hydrogen) atoms. The number of benzene rings is 3. The molecule has 3 aromatic carbocycles. The first-order valence-corrected chi connectivity index (χ1v) is 16.3. The number of piperidine rings is 1. The van der Waals surface area contributed by atoms with E-state index in [2.05, 4.69) is 10.0 Å². The zero-order valence-corrected chi connectivity index (χ0v) is 25.1. The molecule has 1 amide bonds. The minimum absolute atomic E-state index is 0.0224. The Hall–Kier alpha value is -4.38. The average Bonchev–Trinajstić information content (AvgIpc) is 3.46. The van der Waals surface area contributed by atoms with Crippen LogP contribution in [-0.2, 0) is 19.4 Å². The fourth-order valence-corrected chi connectivity index (χ4v) is 6.97. The molecule has 2 atom stereocenters. The van der Waals surface area contributed by atoms with E-state index in [1.807, 2.05) is 0 Å². The molecule has 2 aliphatic rings. The molecule has 0 unspecified atom stereocenters. The number of azide groups is 1. The summed E-state index contributed by atoms with van der Waals surface area (Å²) in [5.41, 5.74) is 8.94. The zero-order valence-electron chi connectivity index (χ0n) is 24.3. The third-order valence-electron chi connectivity index (χ3n) is 7.88. The molecule has 1 N–H and O–H groups in total. The summed E-state index contributed by atoms with van der Waals surface area (Å²) in [6.07, 6.45) is 1.95. The van der Waals surface area contributed by atoms with Crippen LogP contribution in [0.5, 0.6) is 5.75 Å². The number of carbonyl (C=O) groups is 1. The van der Waals surface area contributed by atoms with Gasteiger partial charge < -0.3 is 19.5 Å². The van der Waals surface area contributed by atoms with Crippen molar-refractivity contribution in [2.75, 3.05) is 32.1 Å². The minimum atomic E-state index is -3.79. The van der Waals surface area contributed by atoms with E-state index in [1.165, 1.54) is 12.1 Å². The van der Waals surface area contributed by atoms with E-state index in [4.69, 9.17) is 19.6 Å². The van der Waals surface area contributed by atoms with Gasteiger partial charge in [0.15, 0.2) is 21.5 Å². The van der Waals surface area contributed by atoms with E-state index in [1.54, 1.807) is 71.6 Å². The van der Waals surface area contributed by atoms with Crippen LogP contribution in [0.2, 0.25) is 0 Å². The number of amides is 1. The standard InChI is InChI=1S/C32H35N5O6S/c33-36-35-28-13-6-5-12-27(28)29-32(31(39)37-19-7-2-8-20-37,18-23-44(40,41)26-10-3-1-4-11-26)34-30(43-29)24-14-16-25(17-15-24)42-22-9-21-38/h1,3-6,10-17,29,38H,2,7-9,18-23H2/t29-,32-/m1/s1. The Morgan fingerprint density at radius 3 is 2.45 bits per heavy atom. The molecular weight excluding hydrogens is 582 g/mol. The molecule has 2 aliphatic heterocycles. The van der Waals surface area contributed by atoms with Crippen LogP contribution in [0.3, 0.4) is 0 Å². The summed E-state index contributed by atoms with van der Waals surface area (Å²) in [6.45, 7) is 1.44. The van der Waals surface area contributed by atoms with Crippen LogP contribution in [0.25, 0.3) is 10.4 Å². The van der Waals surface area contributed by atoms with Gasteiger partial charge in [-0.05, 0) is 61.2 Å². The van der Waals surface area contributed by atoms with Gasteiger partial charge in [0.25, 0.3) is 5.91 Å². The molecule has 0 bridgehead atoms. The Bertz CT molecular complexity index is 1640. The summed E-state index contributed by atoms with van der Waals surface area (Å²) < 4.78 is 39.2. The molecule has 0 saturated carbocycles. The van der Waals surface area contributed by atoms with E-state index in [0.717, 1.165) is 19.3 Å². The molecule has 3 aromatic rings. The van der Waals surface area contributed by atoms with Gasteiger partial charge >= 0.3 is 0 Å². The fraction of sp³-hybridized carbons (Fsp3) is 0.375. The van der Waals surface area contributed by atoms with Gasteiger partial charge in [-0.3, -0.25) is 4.79 Å². The number of carbonyl (C=O) groups excluding carboxylic acids is 1.